The van der Waals surface area contributed by atoms with Gasteiger partial charge in [0.2, 0.25) is 0 Å². The Labute approximate surface area is 251 Å². The van der Waals surface area contributed by atoms with Crippen molar-refractivity contribution in [3.8, 4) is 5.75 Å². The Hall–Kier alpha value is -4.23. The van der Waals surface area contributed by atoms with Crippen molar-refractivity contribution in [1.29, 1.82) is 0 Å². The van der Waals surface area contributed by atoms with Crippen LogP contribution in [0, 0.1) is 5.82 Å². The van der Waals surface area contributed by atoms with Crippen LogP contribution in [-0.2, 0) is 32.2 Å². The Morgan fingerprint density at radius 2 is 1.58 bits per heavy atom. The fraction of sp³-hybridized carbons (Fsp3) is 0.258. The molecule has 1 fully saturated rings. The van der Waals surface area contributed by atoms with Gasteiger partial charge in [0.25, 0.3) is 0 Å². The molecule has 0 amide bonds. The van der Waals surface area contributed by atoms with E-state index >= 15 is 4.39 Å². The molecule has 0 radical (unpaired) electrons. The highest BCUT2D eigenvalue weighted by atomic mass is 32.1. The number of ether oxygens (including phenoxy) is 5. The van der Waals surface area contributed by atoms with Gasteiger partial charge in [-0.1, -0.05) is 78.9 Å². The number of thiocarbonyl (C=S) groups is 1. The molecule has 0 spiro atoms. The van der Waals surface area contributed by atoms with Gasteiger partial charge in [0.1, 0.15) is 18.5 Å². The zero-order chi connectivity index (χ0) is 30.2. The standard InChI is InChI=1S/C31H29F2N3O6S/c32-19-31(20-38-17-21-10-4-1-5-11-21)26(39-18-22-12-6-2-7-13-22)25(41-30(43)40-23-14-8-3-9-15-23)28(42-31)36-16-24(33)27(34)35-29(36)37/h1-16,25-26,28H,17-20H2,(H2,34,35,37)/t25-,26+,28-,31-/m1/s1. The second-order valence-electron chi connectivity index (χ2n) is 9.81. The number of benzene rings is 3. The molecule has 0 saturated carbocycles. The molecular formula is C31H29F2N3O6S. The summed E-state index contributed by atoms with van der Waals surface area (Å²) < 4.78 is 60.8. The minimum atomic E-state index is -1.81. The number of halogens is 2. The van der Waals surface area contributed by atoms with E-state index in [0.29, 0.717) is 5.75 Å². The summed E-state index contributed by atoms with van der Waals surface area (Å²) in [6, 6.07) is 27.1. The lowest BCUT2D eigenvalue weighted by molar-refractivity contribution is -0.165. The topological polar surface area (TPSA) is 107 Å². The van der Waals surface area contributed by atoms with Crippen molar-refractivity contribution in [1.82, 2.24) is 9.55 Å². The monoisotopic (exact) mass is 609 g/mol. The van der Waals surface area contributed by atoms with Crippen LogP contribution in [0.3, 0.4) is 0 Å². The average molecular weight is 610 g/mol. The molecule has 4 aromatic rings. The Balaban J connectivity index is 1.51. The van der Waals surface area contributed by atoms with Gasteiger partial charge < -0.3 is 29.4 Å². The summed E-state index contributed by atoms with van der Waals surface area (Å²) >= 11 is 5.37. The highest BCUT2D eigenvalue weighted by Crippen LogP contribution is 2.42. The third-order valence-corrected chi connectivity index (χ3v) is 6.97. The van der Waals surface area contributed by atoms with E-state index in [1.54, 1.807) is 30.3 Å². The van der Waals surface area contributed by atoms with Crippen LogP contribution < -0.4 is 16.2 Å². The van der Waals surface area contributed by atoms with E-state index in [0.717, 1.165) is 21.9 Å². The molecule has 224 valence electrons. The Kier molecular flexibility index (Phi) is 9.72. The van der Waals surface area contributed by atoms with Crippen LogP contribution in [0.1, 0.15) is 17.4 Å². The smallest absolute Gasteiger partial charge is 0.358 e. The molecule has 1 aliphatic rings. The first kappa shape index (κ1) is 30.2. The molecule has 1 aromatic heterocycles. The zero-order valence-electron chi connectivity index (χ0n) is 22.9. The molecule has 2 heterocycles. The van der Waals surface area contributed by atoms with Gasteiger partial charge in [-0.2, -0.15) is 4.98 Å². The molecule has 12 heteroatoms. The SMILES string of the molecule is Nc1nc(=O)n([C@@H]2O[C@](CF)(COCc3ccccc3)[C@@H](OCc3ccccc3)[C@H]2OC(=S)Oc2ccccc2)cc1F. The Morgan fingerprint density at radius 3 is 2.21 bits per heavy atom. The molecule has 4 atom stereocenters. The largest absolute Gasteiger partial charge is 0.446 e. The van der Waals surface area contributed by atoms with Crippen LogP contribution in [0.4, 0.5) is 14.6 Å². The maximum absolute atomic E-state index is 15.2. The number of aromatic nitrogens is 2. The van der Waals surface area contributed by atoms with Crippen LogP contribution >= 0.6 is 12.2 Å². The van der Waals surface area contributed by atoms with Crippen LogP contribution in [0.5, 0.6) is 5.75 Å². The molecule has 5 rings (SSSR count). The number of rotatable bonds is 11. The number of nitrogens with two attached hydrogens (primary N) is 1. The molecular weight excluding hydrogens is 580 g/mol. The first-order valence-corrected chi connectivity index (χ1v) is 13.8. The van der Waals surface area contributed by atoms with E-state index in [9.17, 15) is 9.18 Å². The third-order valence-electron chi connectivity index (χ3n) is 6.79. The molecule has 1 aliphatic heterocycles. The van der Waals surface area contributed by atoms with Crippen molar-refractivity contribution >= 4 is 23.3 Å². The first-order chi connectivity index (χ1) is 20.9. The van der Waals surface area contributed by atoms with E-state index < -0.39 is 48.0 Å². The predicted octanol–water partition coefficient (Wildman–Crippen LogP) is 4.75. The molecule has 3 aromatic carbocycles. The van der Waals surface area contributed by atoms with Gasteiger partial charge in [-0.25, -0.2) is 13.6 Å². The second-order valence-corrected chi connectivity index (χ2v) is 10.1. The van der Waals surface area contributed by atoms with Crippen molar-refractivity contribution in [2.45, 2.75) is 37.3 Å². The van der Waals surface area contributed by atoms with Gasteiger partial charge in [0.05, 0.1) is 26.0 Å². The van der Waals surface area contributed by atoms with E-state index in [-0.39, 0.29) is 25.1 Å². The molecule has 1 saturated heterocycles. The Bertz CT molecular complexity index is 1560. The maximum atomic E-state index is 15.2. The molecule has 0 bridgehead atoms. The van der Waals surface area contributed by atoms with Gasteiger partial charge in [0.15, 0.2) is 29.6 Å². The molecule has 9 nitrogen and oxygen atoms in total. The molecule has 2 N–H and O–H groups in total. The van der Waals surface area contributed by atoms with E-state index in [1.807, 2.05) is 60.7 Å². The van der Waals surface area contributed by atoms with Crippen molar-refractivity contribution in [3.05, 3.63) is 125 Å². The van der Waals surface area contributed by atoms with Crippen molar-refractivity contribution in [2.24, 2.45) is 0 Å². The molecule has 43 heavy (non-hydrogen) atoms. The number of nitrogens with zero attached hydrogens (tertiary/aromatic N) is 2. The van der Waals surface area contributed by atoms with Crippen LogP contribution in [0.25, 0.3) is 0 Å². The van der Waals surface area contributed by atoms with Crippen molar-refractivity contribution in [3.63, 3.8) is 0 Å². The van der Waals surface area contributed by atoms with E-state index in [4.69, 9.17) is 41.6 Å². The van der Waals surface area contributed by atoms with Gasteiger partial charge in [-0.15, -0.1) is 0 Å². The van der Waals surface area contributed by atoms with Gasteiger partial charge in [-0.3, -0.25) is 4.57 Å². The average Bonchev–Trinajstić information content (AvgIpc) is 3.32. The lowest BCUT2D eigenvalue weighted by Crippen LogP contribution is -2.51. The summed E-state index contributed by atoms with van der Waals surface area (Å²) in [4.78, 5) is 16.5. The molecule has 0 unspecified atom stereocenters. The number of anilines is 1. The fourth-order valence-electron chi connectivity index (χ4n) is 4.70. The summed E-state index contributed by atoms with van der Waals surface area (Å²) in [5.41, 5.74) is 4.38. The summed E-state index contributed by atoms with van der Waals surface area (Å²) in [5, 5.41) is -0.352. The van der Waals surface area contributed by atoms with Crippen molar-refractivity contribution in [2.75, 3.05) is 19.0 Å². The third kappa shape index (κ3) is 7.23. The summed E-state index contributed by atoms with van der Waals surface area (Å²) in [5.74, 6) is -1.20. The summed E-state index contributed by atoms with van der Waals surface area (Å²) in [7, 11) is 0. The maximum Gasteiger partial charge on any atom is 0.358 e. The lowest BCUT2D eigenvalue weighted by atomic mass is 9.96. The first-order valence-electron chi connectivity index (χ1n) is 13.4. The highest BCUT2D eigenvalue weighted by Gasteiger charge is 2.59. The van der Waals surface area contributed by atoms with Crippen LogP contribution in [0.2, 0.25) is 0 Å². The lowest BCUT2D eigenvalue weighted by Gasteiger charge is -2.32. The quantitative estimate of drug-likeness (QED) is 0.241. The fourth-order valence-corrected chi connectivity index (χ4v) is 4.91. The summed E-state index contributed by atoms with van der Waals surface area (Å²) in [6.07, 6.45) is -3.16. The van der Waals surface area contributed by atoms with E-state index in [1.165, 1.54) is 0 Å². The number of para-hydroxylation sites is 1. The number of alkyl halides is 1. The highest BCUT2D eigenvalue weighted by molar-refractivity contribution is 7.79. The Morgan fingerprint density at radius 1 is 0.977 bits per heavy atom. The predicted molar refractivity (Wildman–Crippen MR) is 157 cm³/mol. The zero-order valence-corrected chi connectivity index (χ0v) is 23.7. The van der Waals surface area contributed by atoms with Crippen molar-refractivity contribution < 1.29 is 32.5 Å². The van der Waals surface area contributed by atoms with E-state index in [2.05, 4.69) is 4.98 Å². The van der Waals surface area contributed by atoms with Crippen LogP contribution in [0.15, 0.2) is 102 Å². The minimum Gasteiger partial charge on any atom is -0.446 e. The minimum absolute atomic E-state index is 0.0252. The van der Waals surface area contributed by atoms with Crippen LogP contribution in [-0.4, -0.2) is 45.9 Å². The van der Waals surface area contributed by atoms with Gasteiger partial charge in [-0.05, 0) is 23.3 Å². The number of hydrogen-bond acceptors (Lipinski definition) is 9. The number of hydrogen-bond donors (Lipinski definition) is 1. The second kappa shape index (κ2) is 13.8. The van der Waals surface area contributed by atoms with Gasteiger partial charge in [0, 0.05) is 12.2 Å². The molecule has 0 aliphatic carbocycles. The van der Waals surface area contributed by atoms with Gasteiger partial charge >= 0.3 is 10.9 Å². The summed E-state index contributed by atoms with van der Waals surface area (Å²) in [6.45, 7) is -1.25. The number of nitrogen functional groups attached to an aromatic ring is 1. The normalized spacial score (nSPS) is 21.4.